The molecule has 5 heteroatoms. The molecule has 1 N–H and O–H groups in total. The fourth-order valence-electron chi connectivity index (χ4n) is 5.60. The highest BCUT2D eigenvalue weighted by molar-refractivity contribution is 6.03. The Balaban J connectivity index is 1.66. The highest BCUT2D eigenvalue weighted by Gasteiger charge is 2.73. The van der Waals surface area contributed by atoms with E-state index in [0.717, 1.165) is 35.3 Å². The van der Waals surface area contributed by atoms with Crippen LogP contribution in [0.4, 0.5) is 5.69 Å². The monoisotopic (exact) mass is 399 g/mol. The average Bonchev–Trinajstić information content (AvgIpc) is 3.02. The third-order valence-electron chi connectivity index (χ3n) is 7.86. The minimum atomic E-state index is -0.764. The first-order valence-electron chi connectivity index (χ1n) is 10.4. The molecule has 1 amide bonds. The molecule has 1 saturated carbocycles. The van der Waals surface area contributed by atoms with Crippen molar-refractivity contribution in [3.8, 4) is 0 Å². The quantitative estimate of drug-likeness (QED) is 0.642. The van der Waals surface area contributed by atoms with Gasteiger partial charge in [-0.25, -0.2) is 9.97 Å². The van der Waals surface area contributed by atoms with Gasteiger partial charge in [0.2, 0.25) is 5.91 Å². The predicted molar refractivity (Wildman–Crippen MR) is 117 cm³/mol. The largest absolute Gasteiger partial charge is 0.325 e. The minimum absolute atomic E-state index is 0.0263. The number of anilines is 1. The first-order valence-corrected chi connectivity index (χ1v) is 10.4. The number of nitrogens with one attached hydrogen (secondary N) is 1. The Hall–Kier alpha value is -3.08. The van der Waals surface area contributed by atoms with Crippen LogP contribution in [0.3, 0.4) is 0 Å². The summed E-state index contributed by atoms with van der Waals surface area (Å²) in [5.41, 5.74) is 3.32. The van der Waals surface area contributed by atoms with Gasteiger partial charge in [-0.05, 0) is 49.4 Å². The van der Waals surface area contributed by atoms with Gasteiger partial charge in [-0.1, -0.05) is 45.0 Å². The smallest absolute Gasteiger partial charge is 0.237 e. The summed E-state index contributed by atoms with van der Waals surface area (Å²) in [6.45, 7) is 8.08. The first kappa shape index (κ1) is 18.9. The van der Waals surface area contributed by atoms with Gasteiger partial charge < -0.3 is 5.32 Å². The maximum absolute atomic E-state index is 13.9. The maximum atomic E-state index is 13.9. The summed E-state index contributed by atoms with van der Waals surface area (Å²) in [6.07, 6.45) is 1.62. The van der Waals surface area contributed by atoms with Crippen molar-refractivity contribution in [2.45, 2.75) is 51.4 Å². The molecule has 0 aliphatic heterocycles. The molecule has 30 heavy (non-hydrogen) atoms. The Morgan fingerprint density at radius 1 is 0.900 bits per heavy atom. The lowest BCUT2D eigenvalue weighted by molar-refractivity contribution is -0.125. The highest BCUT2D eigenvalue weighted by Crippen LogP contribution is 2.70. The lowest BCUT2D eigenvalue weighted by Gasteiger charge is -2.39. The van der Waals surface area contributed by atoms with Gasteiger partial charge in [-0.2, -0.15) is 0 Å². The number of rotatable bonds is 3. The van der Waals surface area contributed by atoms with Crippen LogP contribution < -0.4 is 5.32 Å². The van der Waals surface area contributed by atoms with Crippen molar-refractivity contribution in [1.82, 2.24) is 9.97 Å². The number of aromatic nitrogens is 2. The average molecular weight is 399 g/mol. The van der Waals surface area contributed by atoms with E-state index in [1.807, 2.05) is 30.3 Å². The van der Waals surface area contributed by atoms with E-state index in [2.05, 4.69) is 26.1 Å². The van der Waals surface area contributed by atoms with E-state index in [0.29, 0.717) is 11.3 Å². The predicted octanol–water partition coefficient (Wildman–Crippen LogP) is 4.80. The van der Waals surface area contributed by atoms with Crippen LogP contribution in [0.5, 0.6) is 0 Å². The molecule has 0 spiro atoms. The lowest BCUT2D eigenvalue weighted by Crippen LogP contribution is -2.48. The van der Waals surface area contributed by atoms with Gasteiger partial charge in [0.25, 0.3) is 0 Å². The second-order valence-corrected chi connectivity index (χ2v) is 9.36. The van der Waals surface area contributed by atoms with Crippen LogP contribution in [-0.2, 0) is 15.6 Å². The SMILES string of the molecule is CC(=O)c1cccc(NC(=O)[C@]23CC[C@@](C)(c4nc5ccccc5nc42)C3(C)C)c1. The number of carbonyl (C=O) groups is 2. The van der Waals surface area contributed by atoms with Crippen molar-refractivity contribution in [3.05, 3.63) is 65.5 Å². The normalized spacial score (nSPS) is 25.9. The Morgan fingerprint density at radius 2 is 1.57 bits per heavy atom. The molecule has 2 aliphatic carbocycles. The standard InChI is InChI=1S/C25H25N3O2/c1-15(29)16-8-7-9-17(14-16)26-22(30)25-13-12-24(4,23(25,2)3)20-21(25)28-19-11-6-5-10-18(19)27-20/h5-11,14H,12-13H2,1-4H3,(H,26,30)/t24-,25-/m0/s1. The van der Waals surface area contributed by atoms with Crippen LogP contribution >= 0.6 is 0 Å². The van der Waals surface area contributed by atoms with Gasteiger partial charge >= 0.3 is 0 Å². The molecule has 5 rings (SSSR count). The molecule has 5 nitrogen and oxygen atoms in total. The molecule has 2 aliphatic rings. The Bertz CT molecular complexity index is 1230. The molecule has 3 aromatic rings. The van der Waals surface area contributed by atoms with Crippen molar-refractivity contribution >= 4 is 28.4 Å². The summed E-state index contributed by atoms with van der Waals surface area (Å²) >= 11 is 0. The van der Waals surface area contributed by atoms with Gasteiger partial charge in [0.15, 0.2) is 5.78 Å². The van der Waals surface area contributed by atoms with Crippen molar-refractivity contribution in [3.63, 3.8) is 0 Å². The van der Waals surface area contributed by atoms with E-state index in [4.69, 9.17) is 9.97 Å². The van der Waals surface area contributed by atoms with Crippen LogP contribution in [0, 0.1) is 5.41 Å². The number of nitrogens with zero attached hydrogens (tertiary/aromatic N) is 2. The molecule has 1 heterocycles. The molecule has 0 unspecified atom stereocenters. The molecule has 1 aromatic heterocycles. The van der Waals surface area contributed by atoms with Crippen molar-refractivity contribution in [1.29, 1.82) is 0 Å². The Labute approximate surface area is 175 Å². The van der Waals surface area contributed by atoms with Gasteiger partial charge in [0.05, 0.1) is 27.8 Å². The first-order chi connectivity index (χ1) is 14.2. The fourth-order valence-corrected chi connectivity index (χ4v) is 5.60. The fraction of sp³-hybridized carbons (Fsp3) is 0.360. The van der Waals surface area contributed by atoms with Crippen LogP contribution in [-0.4, -0.2) is 21.7 Å². The van der Waals surface area contributed by atoms with Gasteiger partial charge in [0.1, 0.15) is 0 Å². The van der Waals surface area contributed by atoms with E-state index >= 15 is 0 Å². The maximum Gasteiger partial charge on any atom is 0.237 e. The molecule has 0 radical (unpaired) electrons. The third kappa shape index (κ3) is 2.18. The summed E-state index contributed by atoms with van der Waals surface area (Å²) in [4.78, 5) is 35.6. The Kier molecular flexibility index (Phi) is 3.77. The lowest BCUT2D eigenvalue weighted by atomic mass is 9.63. The zero-order chi connectivity index (χ0) is 21.3. The topological polar surface area (TPSA) is 72.0 Å². The van der Waals surface area contributed by atoms with Crippen LogP contribution in [0.15, 0.2) is 48.5 Å². The molecule has 2 aromatic carbocycles. The number of benzene rings is 2. The van der Waals surface area contributed by atoms with E-state index in [1.54, 1.807) is 18.2 Å². The molecule has 2 atom stereocenters. The zero-order valence-electron chi connectivity index (χ0n) is 17.7. The summed E-state index contributed by atoms with van der Waals surface area (Å²) in [6, 6.07) is 15.0. The number of fused-ring (bicyclic) bond motifs is 6. The van der Waals surface area contributed by atoms with Crippen molar-refractivity contribution in [2.24, 2.45) is 5.41 Å². The molecular formula is C25H25N3O2. The summed E-state index contributed by atoms with van der Waals surface area (Å²) in [7, 11) is 0. The second kappa shape index (κ2) is 5.97. The summed E-state index contributed by atoms with van der Waals surface area (Å²) in [5, 5.41) is 3.10. The molecular weight excluding hydrogens is 374 g/mol. The number of carbonyl (C=O) groups excluding carboxylic acids is 2. The van der Waals surface area contributed by atoms with Crippen LogP contribution in [0.1, 0.15) is 62.3 Å². The van der Waals surface area contributed by atoms with Crippen molar-refractivity contribution in [2.75, 3.05) is 5.32 Å². The number of para-hydroxylation sites is 2. The Morgan fingerprint density at radius 3 is 2.23 bits per heavy atom. The number of Topliss-reactive ketones (excluding diaryl/α,β-unsaturated/α-hetero) is 1. The van der Waals surface area contributed by atoms with Crippen molar-refractivity contribution < 1.29 is 9.59 Å². The van der Waals surface area contributed by atoms with Gasteiger partial charge in [-0.15, -0.1) is 0 Å². The van der Waals surface area contributed by atoms with Gasteiger partial charge in [-0.3, -0.25) is 9.59 Å². The van der Waals surface area contributed by atoms with E-state index in [-0.39, 0.29) is 22.5 Å². The summed E-state index contributed by atoms with van der Waals surface area (Å²) in [5.74, 6) is -0.0955. The number of ketones is 1. The highest BCUT2D eigenvalue weighted by atomic mass is 16.2. The van der Waals surface area contributed by atoms with E-state index in [1.165, 1.54) is 6.92 Å². The molecule has 152 valence electrons. The summed E-state index contributed by atoms with van der Waals surface area (Å²) < 4.78 is 0. The third-order valence-corrected chi connectivity index (χ3v) is 7.86. The number of amides is 1. The van der Waals surface area contributed by atoms with Crippen LogP contribution in [0.25, 0.3) is 11.0 Å². The minimum Gasteiger partial charge on any atom is -0.325 e. The molecule has 2 bridgehead atoms. The second-order valence-electron chi connectivity index (χ2n) is 9.36. The van der Waals surface area contributed by atoms with Crippen LogP contribution in [0.2, 0.25) is 0 Å². The van der Waals surface area contributed by atoms with E-state index < -0.39 is 5.41 Å². The molecule has 1 fully saturated rings. The van der Waals surface area contributed by atoms with Gasteiger partial charge in [0, 0.05) is 16.7 Å². The number of hydrogen-bond donors (Lipinski definition) is 1. The molecule has 0 saturated heterocycles. The van der Waals surface area contributed by atoms with E-state index in [9.17, 15) is 9.59 Å². The zero-order valence-corrected chi connectivity index (χ0v) is 17.7. The number of hydrogen-bond acceptors (Lipinski definition) is 4.